The molecule has 1 aliphatic carbocycles. The minimum absolute atomic E-state index is 0.0812. The van der Waals surface area contributed by atoms with E-state index in [1.165, 1.54) is 90.4 Å². The Morgan fingerprint density at radius 2 is 1.18 bits per heavy atom. The summed E-state index contributed by atoms with van der Waals surface area (Å²) in [4.78, 5) is 1.37. The van der Waals surface area contributed by atoms with Crippen molar-refractivity contribution in [3.63, 3.8) is 0 Å². The second-order valence-electron chi connectivity index (χ2n) is 14.7. The molecule has 1 aliphatic heterocycles. The van der Waals surface area contributed by atoms with Gasteiger partial charge in [0.1, 0.15) is 5.69 Å². The number of fused-ring (bicyclic) bond motifs is 9. The molecule has 0 bridgehead atoms. The van der Waals surface area contributed by atoms with Crippen molar-refractivity contribution in [1.82, 2.24) is 9.88 Å². The molecule has 0 fully saturated rings. The highest BCUT2D eigenvalue weighted by Gasteiger charge is 2.40. The molecule has 10 aromatic rings. The summed E-state index contributed by atoms with van der Waals surface area (Å²) in [5.41, 5.74) is 10.2. The maximum absolute atomic E-state index is 3.76. The van der Waals surface area contributed by atoms with Gasteiger partial charge in [-0.2, -0.15) is 4.58 Å². The predicted molar refractivity (Wildman–Crippen MR) is 234 cm³/mol. The molecule has 260 valence electrons. The van der Waals surface area contributed by atoms with E-state index >= 15 is 0 Å². The van der Waals surface area contributed by atoms with Gasteiger partial charge in [0.05, 0.1) is 11.6 Å². The van der Waals surface area contributed by atoms with Crippen LogP contribution in [0, 0.1) is 0 Å². The summed E-state index contributed by atoms with van der Waals surface area (Å²) in [5.74, 6) is 1.14. The number of rotatable bonds is 5. The smallest absolute Gasteiger partial charge is 0.289 e. The van der Waals surface area contributed by atoms with Crippen LogP contribution in [0.15, 0.2) is 170 Å². The van der Waals surface area contributed by atoms with Gasteiger partial charge >= 0.3 is 0 Å². The molecule has 2 unspecified atom stereocenters. The van der Waals surface area contributed by atoms with Crippen molar-refractivity contribution in [2.75, 3.05) is 0 Å². The predicted octanol–water partition coefficient (Wildman–Crippen LogP) is 13.4. The summed E-state index contributed by atoms with van der Waals surface area (Å²) in [6.45, 7) is 0. The van der Waals surface area contributed by atoms with Crippen molar-refractivity contribution in [2.24, 2.45) is 0 Å². The Labute approximate surface area is 326 Å². The number of para-hydroxylation sites is 2. The monoisotopic (exact) mass is 740 g/mol. The summed E-state index contributed by atoms with van der Waals surface area (Å²) in [6.07, 6.45) is 5.78. The number of nitrogens with zero attached hydrogens (tertiary/aromatic N) is 2. The first-order chi connectivity index (χ1) is 27.3. The number of nitrogens with one attached hydrogen (secondary N) is 1. The zero-order valence-corrected chi connectivity index (χ0v) is 31.4. The molecule has 0 saturated heterocycles. The Bertz CT molecular complexity index is 3160. The van der Waals surface area contributed by atoms with E-state index in [1.807, 2.05) is 22.7 Å². The first kappa shape index (κ1) is 31.1. The van der Waals surface area contributed by atoms with E-state index in [2.05, 4.69) is 190 Å². The average Bonchev–Trinajstić information content (AvgIpc) is 3.90. The average molecular weight is 741 g/mol. The van der Waals surface area contributed by atoms with E-state index < -0.39 is 0 Å². The van der Waals surface area contributed by atoms with Crippen LogP contribution in [0.4, 0.5) is 5.69 Å². The highest BCUT2D eigenvalue weighted by molar-refractivity contribution is 7.25. The van der Waals surface area contributed by atoms with Crippen LogP contribution < -0.4 is 5.32 Å². The number of hydrogen-bond acceptors (Lipinski definition) is 3. The lowest BCUT2D eigenvalue weighted by Gasteiger charge is -2.29. The second-order valence-corrected chi connectivity index (χ2v) is 16.9. The Balaban J connectivity index is 0.961. The van der Waals surface area contributed by atoms with Crippen LogP contribution in [0.5, 0.6) is 0 Å². The lowest BCUT2D eigenvalue weighted by molar-refractivity contribution is -0.531. The van der Waals surface area contributed by atoms with E-state index in [4.69, 9.17) is 0 Å². The Hall–Kier alpha value is -6.27. The molecule has 2 atom stereocenters. The van der Waals surface area contributed by atoms with Crippen LogP contribution in [0.2, 0.25) is 0 Å². The fraction of sp³-hybridized carbons (Fsp3) is 0.0600. The molecule has 0 spiro atoms. The molecule has 4 heterocycles. The highest BCUT2D eigenvalue weighted by atomic mass is 32.1. The van der Waals surface area contributed by atoms with Crippen LogP contribution in [0.1, 0.15) is 40.2 Å². The van der Waals surface area contributed by atoms with E-state index in [9.17, 15) is 0 Å². The van der Waals surface area contributed by atoms with Crippen molar-refractivity contribution in [1.29, 1.82) is 0 Å². The lowest BCUT2D eigenvalue weighted by Crippen LogP contribution is -2.51. The van der Waals surface area contributed by atoms with Gasteiger partial charge in [0.2, 0.25) is 0 Å². The third-order valence-electron chi connectivity index (χ3n) is 11.6. The number of hydrogen-bond donors (Lipinski definition) is 1. The minimum atomic E-state index is 0.0812. The summed E-state index contributed by atoms with van der Waals surface area (Å²) < 4.78 is 9.01. The zero-order chi connectivity index (χ0) is 36.0. The first-order valence-corrected chi connectivity index (χ1v) is 20.6. The molecule has 2 aliphatic rings. The lowest BCUT2D eigenvalue weighted by atomic mass is 9.93. The molecule has 5 heteroatoms. The SMILES string of the molecule is C1=Cc2sc3ccc(-c4ccc5sc6cc([N+]7=C(c8ccccc8)NC7c7ccccc7)ccc6c5c4)cc3c2C(n2c3ccccc3c3ccccc32)C1. The summed E-state index contributed by atoms with van der Waals surface area (Å²) in [6, 6.07) is 60.6. The van der Waals surface area contributed by atoms with Gasteiger partial charge in [0.15, 0.2) is 0 Å². The number of amidine groups is 1. The molecule has 0 amide bonds. The van der Waals surface area contributed by atoms with Crippen molar-refractivity contribution >= 4 is 92.3 Å². The molecular weight excluding hydrogens is 707 g/mol. The van der Waals surface area contributed by atoms with Crippen molar-refractivity contribution in [3.8, 4) is 11.1 Å². The maximum Gasteiger partial charge on any atom is 0.289 e. The second kappa shape index (κ2) is 12.1. The number of thiophene rings is 2. The minimum Gasteiger partial charge on any atom is -0.332 e. The van der Waals surface area contributed by atoms with E-state index in [-0.39, 0.29) is 12.2 Å². The fourth-order valence-corrected chi connectivity index (χ4v) is 11.4. The largest absolute Gasteiger partial charge is 0.332 e. The van der Waals surface area contributed by atoms with Crippen molar-refractivity contribution in [2.45, 2.75) is 18.6 Å². The molecule has 55 heavy (non-hydrogen) atoms. The molecular formula is C50H34N3S2+. The Morgan fingerprint density at radius 3 is 1.93 bits per heavy atom. The summed E-state index contributed by atoms with van der Waals surface area (Å²) >= 11 is 3.80. The van der Waals surface area contributed by atoms with Crippen LogP contribution in [-0.4, -0.2) is 15.0 Å². The molecule has 3 nitrogen and oxygen atoms in total. The van der Waals surface area contributed by atoms with Gasteiger partial charge in [-0.1, -0.05) is 103 Å². The summed E-state index contributed by atoms with van der Waals surface area (Å²) in [7, 11) is 0. The topological polar surface area (TPSA) is 20.0 Å². The van der Waals surface area contributed by atoms with Crippen LogP contribution >= 0.6 is 22.7 Å². The first-order valence-electron chi connectivity index (χ1n) is 19.0. The quantitative estimate of drug-likeness (QED) is 0.174. The Morgan fingerprint density at radius 1 is 0.527 bits per heavy atom. The van der Waals surface area contributed by atoms with Crippen LogP contribution in [0.25, 0.3) is 69.3 Å². The molecule has 12 rings (SSSR count). The van der Waals surface area contributed by atoms with Gasteiger partial charge in [-0.15, -0.1) is 22.7 Å². The van der Waals surface area contributed by atoms with E-state index in [0.29, 0.717) is 0 Å². The van der Waals surface area contributed by atoms with Gasteiger partial charge in [-0.25, -0.2) is 5.32 Å². The summed E-state index contributed by atoms with van der Waals surface area (Å²) in [5, 5.41) is 10.4. The van der Waals surface area contributed by atoms with E-state index in [0.717, 1.165) is 12.3 Å². The fourth-order valence-electron chi connectivity index (χ4n) is 9.11. The van der Waals surface area contributed by atoms with Crippen LogP contribution in [-0.2, 0) is 0 Å². The van der Waals surface area contributed by atoms with E-state index in [1.54, 1.807) is 0 Å². The van der Waals surface area contributed by atoms with Crippen molar-refractivity contribution in [3.05, 3.63) is 191 Å². The maximum atomic E-state index is 3.76. The van der Waals surface area contributed by atoms with Gasteiger partial charge < -0.3 is 4.57 Å². The van der Waals surface area contributed by atoms with Crippen molar-refractivity contribution < 1.29 is 4.58 Å². The highest BCUT2D eigenvalue weighted by Crippen LogP contribution is 2.47. The third-order valence-corrected chi connectivity index (χ3v) is 13.9. The third kappa shape index (κ3) is 4.77. The molecule has 7 aromatic carbocycles. The number of allylic oxidation sites excluding steroid dienone is 1. The molecule has 1 N–H and O–H groups in total. The van der Waals surface area contributed by atoms with Crippen LogP contribution in [0.3, 0.4) is 0 Å². The normalized spacial score (nSPS) is 16.7. The number of benzene rings is 7. The molecule has 0 saturated carbocycles. The standard InChI is InChI=1S/C50H33N3S2/c1-3-12-31(13-4-1)49-51-50(32-14-5-2-6-15-32)52(49)35-24-25-38-39-28-33(22-26-44(39)55-47(38)30-35)34-23-27-45-40(29-34)48-43(20-11-21-46(48)54-45)53-41-18-9-7-16-36(41)37-17-8-10-19-42(37)53/h1-19,21-30,43,49H,20H2/p+1. The van der Waals surface area contributed by atoms with Gasteiger partial charge in [0, 0.05) is 68.7 Å². The van der Waals surface area contributed by atoms with Gasteiger partial charge in [-0.3, -0.25) is 0 Å². The number of aromatic nitrogens is 1. The Kier molecular flexibility index (Phi) is 6.86. The molecule has 3 aromatic heterocycles. The molecule has 0 radical (unpaired) electrons. The zero-order valence-electron chi connectivity index (χ0n) is 29.8. The van der Waals surface area contributed by atoms with Gasteiger partial charge in [0.25, 0.3) is 12.0 Å². The van der Waals surface area contributed by atoms with Gasteiger partial charge in [-0.05, 0) is 89.7 Å².